The minimum atomic E-state index is -0.293. The highest BCUT2D eigenvalue weighted by Gasteiger charge is 2.21. The number of para-hydroxylation sites is 2. The SMILES string of the molecule is Cc1ccc(-c2nc3sc4ccccc4n3c2Nc2c(C)cccc2Cl)c(F)c1. The molecule has 0 aliphatic heterocycles. The summed E-state index contributed by atoms with van der Waals surface area (Å²) >= 11 is 8.05. The normalized spacial score (nSPS) is 11.4. The van der Waals surface area contributed by atoms with Crippen LogP contribution in [0.5, 0.6) is 0 Å². The molecule has 6 heteroatoms. The molecule has 0 aliphatic carbocycles. The average Bonchev–Trinajstić information content (AvgIpc) is 3.21. The summed E-state index contributed by atoms with van der Waals surface area (Å²) in [5.74, 6) is 0.412. The van der Waals surface area contributed by atoms with Gasteiger partial charge in [0.2, 0.25) is 0 Å². The number of nitrogens with one attached hydrogen (secondary N) is 1. The van der Waals surface area contributed by atoms with Crippen molar-refractivity contribution >= 4 is 49.6 Å². The lowest BCUT2D eigenvalue weighted by atomic mass is 10.1. The first-order valence-electron chi connectivity index (χ1n) is 9.21. The summed E-state index contributed by atoms with van der Waals surface area (Å²) in [7, 11) is 0. The second kappa shape index (κ2) is 6.87. The molecule has 0 radical (unpaired) electrons. The monoisotopic (exact) mass is 421 g/mol. The first-order valence-corrected chi connectivity index (χ1v) is 10.4. The third-order valence-electron chi connectivity index (χ3n) is 5.00. The van der Waals surface area contributed by atoms with Crippen molar-refractivity contribution in [2.75, 3.05) is 5.32 Å². The maximum Gasteiger partial charge on any atom is 0.197 e. The zero-order chi connectivity index (χ0) is 20.1. The Hall–Kier alpha value is -2.89. The molecule has 0 atom stereocenters. The summed E-state index contributed by atoms with van der Waals surface area (Å²) in [6.45, 7) is 3.86. The lowest BCUT2D eigenvalue weighted by molar-refractivity contribution is 0.630. The van der Waals surface area contributed by atoms with E-state index in [9.17, 15) is 4.39 Å². The molecular formula is C23H17ClFN3S. The summed E-state index contributed by atoms with van der Waals surface area (Å²) in [5, 5.41) is 4.07. The number of benzene rings is 3. The number of anilines is 2. The second-order valence-corrected chi connectivity index (χ2v) is 8.45. The quantitative estimate of drug-likeness (QED) is 0.329. The van der Waals surface area contributed by atoms with Gasteiger partial charge in [-0.05, 0) is 55.3 Å². The fraction of sp³-hybridized carbons (Fsp3) is 0.0870. The van der Waals surface area contributed by atoms with Gasteiger partial charge in [-0.15, -0.1) is 0 Å². The number of nitrogens with zero attached hydrogens (tertiary/aromatic N) is 2. The maximum atomic E-state index is 14.9. The third-order valence-corrected chi connectivity index (χ3v) is 6.34. The highest BCUT2D eigenvalue weighted by molar-refractivity contribution is 7.23. The molecular weight excluding hydrogens is 405 g/mol. The van der Waals surface area contributed by atoms with Crippen molar-refractivity contribution in [2.45, 2.75) is 13.8 Å². The highest BCUT2D eigenvalue weighted by Crippen LogP contribution is 2.40. The Balaban J connectivity index is 1.82. The molecule has 0 spiro atoms. The van der Waals surface area contributed by atoms with Crippen LogP contribution in [0.3, 0.4) is 0 Å². The zero-order valence-corrected chi connectivity index (χ0v) is 17.4. The fourth-order valence-electron chi connectivity index (χ4n) is 3.54. The molecule has 0 aliphatic rings. The number of aryl methyl sites for hydroxylation is 2. The molecule has 3 aromatic carbocycles. The van der Waals surface area contributed by atoms with E-state index in [0.717, 1.165) is 32.0 Å². The van der Waals surface area contributed by atoms with Gasteiger partial charge in [-0.25, -0.2) is 9.37 Å². The van der Waals surface area contributed by atoms with E-state index >= 15 is 0 Å². The van der Waals surface area contributed by atoms with E-state index in [0.29, 0.717) is 22.1 Å². The van der Waals surface area contributed by atoms with Crippen molar-refractivity contribution in [2.24, 2.45) is 0 Å². The van der Waals surface area contributed by atoms with E-state index in [1.54, 1.807) is 17.4 Å². The van der Waals surface area contributed by atoms with Gasteiger partial charge in [0.25, 0.3) is 0 Å². The minimum absolute atomic E-state index is 0.293. The highest BCUT2D eigenvalue weighted by atomic mass is 35.5. The van der Waals surface area contributed by atoms with Gasteiger partial charge >= 0.3 is 0 Å². The summed E-state index contributed by atoms with van der Waals surface area (Å²) < 4.78 is 18.0. The van der Waals surface area contributed by atoms with Crippen molar-refractivity contribution in [3.63, 3.8) is 0 Å². The lowest BCUT2D eigenvalue weighted by Crippen LogP contribution is -2.00. The Morgan fingerprint density at radius 3 is 2.66 bits per heavy atom. The van der Waals surface area contributed by atoms with Crippen LogP contribution in [-0.2, 0) is 0 Å². The molecule has 0 amide bonds. The zero-order valence-electron chi connectivity index (χ0n) is 15.8. The molecule has 2 heterocycles. The Morgan fingerprint density at radius 2 is 1.86 bits per heavy atom. The molecule has 0 bridgehead atoms. The van der Waals surface area contributed by atoms with Crippen molar-refractivity contribution in [1.29, 1.82) is 0 Å². The molecule has 0 fully saturated rings. The van der Waals surface area contributed by atoms with Crippen molar-refractivity contribution < 1.29 is 4.39 Å². The molecule has 3 nitrogen and oxygen atoms in total. The molecule has 0 unspecified atom stereocenters. The van der Waals surface area contributed by atoms with E-state index < -0.39 is 0 Å². The maximum absolute atomic E-state index is 14.9. The van der Waals surface area contributed by atoms with Crippen LogP contribution in [-0.4, -0.2) is 9.38 Å². The van der Waals surface area contributed by atoms with Gasteiger partial charge < -0.3 is 5.32 Å². The Kier molecular flexibility index (Phi) is 4.30. The van der Waals surface area contributed by atoms with E-state index in [-0.39, 0.29) is 5.82 Å². The summed E-state index contributed by atoms with van der Waals surface area (Å²) in [4.78, 5) is 5.60. The Bertz CT molecular complexity index is 1370. The van der Waals surface area contributed by atoms with Gasteiger partial charge in [-0.2, -0.15) is 0 Å². The predicted molar refractivity (Wildman–Crippen MR) is 120 cm³/mol. The number of imidazole rings is 1. The smallest absolute Gasteiger partial charge is 0.197 e. The molecule has 2 aromatic heterocycles. The van der Waals surface area contributed by atoms with E-state index in [1.165, 1.54) is 6.07 Å². The van der Waals surface area contributed by atoms with Crippen molar-refractivity contribution in [1.82, 2.24) is 9.38 Å². The summed E-state index contributed by atoms with van der Waals surface area (Å²) in [6.07, 6.45) is 0. The largest absolute Gasteiger partial charge is 0.338 e. The molecule has 0 saturated heterocycles. The Labute approximate surface area is 176 Å². The molecule has 0 saturated carbocycles. The van der Waals surface area contributed by atoms with Gasteiger partial charge in [-0.3, -0.25) is 4.40 Å². The van der Waals surface area contributed by atoms with E-state index in [2.05, 4.69) is 11.4 Å². The number of halogens is 2. The summed E-state index contributed by atoms with van der Waals surface area (Å²) in [5.41, 5.74) is 4.71. The predicted octanol–water partition coefficient (Wildman–Crippen LogP) is 7.37. The van der Waals surface area contributed by atoms with E-state index in [1.807, 2.05) is 60.7 Å². The lowest BCUT2D eigenvalue weighted by Gasteiger charge is -2.13. The fourth-order valence-corrected chi connectivity index (χ4v) is 4.84. The van der Waals surface area contributed by atoms with Crippen LogP contribution in [0.1, 0.15) is 11.1 Å². The number of rotatable bonds is 3. The van der Waals surface area contributed by atoms with Crippen LogP contribution in [0, 0.1) is 19.7 Å². The minimum Gasteiger partial charge on any atom is -0.338 e. The molecule has 29 heavy (non-hydrogen) atoms. The number of fused-ring (bicyclic) bond motifs is 3. The Morgan fingerprint density at radius 1 is 1.03 bits per heavy atom. The van der Waals surface area contributed by atoms with Crippen molar-refractivity contribution in [3.05, 3.63) is 82.6 Å². The van der Waals surface area contributed by atoms with Gasteiger partial charge in [0, 0.05) is 5.56 Å². The number of hydrogen-bond donors (Lipinski definition) is 1. The van der Waals surface area contributed by atoms with Gasteiger partial charge in [0.15, 0.2) is 4.96 Å². The van der Waals surface area contributed by atoms with Gasteiger partial charge in [0.1, 0.15) is 17.3 Å². The molecule has 5 rings (SSSR count). The van der Waals surface area contributed by atoms with Crippen LogP contribution in [0.4, 0.5) is 15.9 Å². The van der Waals surface area contributed by atoms with Crippen LogP contribution in [0.2, 0.25) is 5.02 Å². The standard InChI is InChI=1S/C23H17ClFN3S/c1-13-10-11-15(17(25)12-13)21-22(26-20-14(2)6-5-7-16(20)24)28-18-8-3-4-9-19(18)29-23(28)27-21/h3-12,26H,1-2H3. The van der Waals surface area contributed by atoms with E-state index in [4.69, 9.17) is 16.6 Å². The molecule has 5 aromatic rings. The number of thiazole rings is 1. The topological polar surface area (TPSA) is 29.3 Å². The average molecular weight is 422 g/mol. The number of aromatic nitrogens is 2. The number of hydrogen-bond acceptors (Lipinski definition) is 3. The van der Waals surface area contributed by atoms with Crippen LogP contribution in [0.25, 0.3) is 26.4 Å². The van der Waals surface area contributed by atoms with Crippen molar-refractivity contribution in [3.8, 4) is 11.3 Å². The molecule has 144 valence electrons. The first kappa shape index (κ1) is 18.2. The first-order chi connectivity index (χ1) is 14.0. The van der Waals surface area contributed by atoms with Crippen LogP contribution in [0.15, 0.2) is 60.7 Å². The van der Waals surface area contributed by atoms with Crippen LogP contribution >= 0.6 is 22.9 Å². The second-order valence-electron chi connectivity index (χ2n) is 7.04. The van der Waals surface area contributed by atoms with Gasteiger partial charge in [0.05, 0.1) is 20.9 Å². The molecule has 1 N–H and O–H groups in total. The third kappa shape index (κ3) is 2.98. The van der Waals surface area contributed by atoms with Gasteiger partial charge in [-0.1, -0.05) is 53.3 Å². The van der Waals surface area contributed by atoms with Crippen LogP contribution < -0.4 is 5.32 Å². The summed E-state index contributed by atoms with van der Waals surface area (Å²) in [6, 6.07) is 19.1.